The molecular formula is C12H24N2O3. The normalized spacial score (nSPS) is 24.1. The summed E-state index contributed by atoms with van der Waals surface area (Å²) in [6.45, 7) is 8.99. The van der Waals surface area contributed by atoms with Crippen molar-refractivity contribution in [2.24, 2.45) is 0 Å². The highest BCUT2D eigenvalue weighted by Crippen LogP contribution is 2.19. The van der Waals surface area contributed by atoms with Crippen molar-refractivity contribution in [1.82, 2.24) is 10.2 Å². The van der Waals surface area contributed by atoms with Crippen molar-refractivity contribution in [2.75, 3.05) is 40.4 Å². The Morgan fingerprint density at radius 1 is 1.59 bits per heavy atom. The Hall–Kier alpha value is -0.650. The lowest BCUT2D eigenvalue weighted by molar-refractivity contribution is -0.150. The molecule has 0 aromatic rings. The number of morpholine rings is 1. The van der Waals surface area contributed by atoms with E-state index in [-0.39, 0.29) is 11.6 Å². The number of nitrogens with zero attached hydrogens (tertiary/aromatic N) is 1. The Kier molecular flexibility index (Phi) is 4.52. The van der Waals surface area contributed by atoms with E-state index in [1.807, 2.05) is 6.92 Å². The van der Waals surface area contributed by atoms with Crippen molar-refractivity contribution in [3.63, 3.8) is 0 Å². The van der Waals surface area contributed by atoms with E-state index in [2.05, 4.69) is 24.1 Å². The number of nitrogens with one attached hydrogen (secondary N) is 1. The van der Waals surface area contributed by atoms with Gasteiger partial charge >= 0.3 is 5.97 Å². The number of likely N-dealkylation sites (N-methyl/N-ethyl adjacent to an activating group) is 1. The van der Waals surface area contributed by atoms with Gasteiger partial charge in [-0.25, -0.2) is 0 Å². The lowest BCUT2D eigenvalue weighted by Crippen LogP contribution is -2.59. The predicted molar refractivity (Wildman–Crippen MR) is 66.0 cm³/mol. The minimum Gasteiger partial charge on any atom is -0.468 e. The summed E-state index contributed by atoms with van der Waals surface area (Å²) in [4.78, 5) is 14.0. The van der Waals surface area contributed by atoms with Crippen LogP contribution in [0.5, 0.6) is 0 Å². The van der Waals surface area contributed by atoms with E-state index in [1.54, 1.807) is 7.05 Å². The lowest BCUT2D eigenvalue weighted by atomic mass is 10.00. The van der Waals surface area contributed by atoms with Gasteiger partial charge in [-0.3, -0.25) is 9.69 Å². The van der Waals surface area contributed by atoms with Crippen LogP contribution in [0, 0.1) is 0 Å². The Morgan fingerprint density at radius 3 is 2.71 bits per heavy atom. The standard InChI is InChI=1S/C12H24N2O3/c1-11(2)8-14(6-7-17-11)9-12(3,13-4)10(15)16-5/h13H,6-9H2,1-5H3. The fourth-order valence-corrected chi connectivity index (χ4v) is 2.17. The Labute approximate surface area is 103 Å². The van der Waals surface area contributed by atoms with E-state index in [4.69, 9.17) is 9.47 Å². The quantitative estimate of drug-likeness (QED) is 0.718. The van der Waals surface area contributed by atoms with Crippen LogP contribution in [0.1, 0.15) is 20.8 Å². The third kappa shape index (κ3) is 3.66. The van der Waals surface area contributed by atoms with Crippen LogP contribution in [0.4, 0.5) is 0 Å². The summed E-state index contributed by atoms with van der Waals surface area (Å²) in [6.07, 6.45) is 0. The van der Waals surface area contributed by atoms with Crippen molar-refractivity contribution in [1.29, 1.82) is 0 Å². The monoisotopic (exact) mass is 244 g/mol. The largest absolute Gasteiger partial charge is 0.468 e. The van der Waals surface area contributed by atoms with Gasteiger partial charge in [0.2, 0.25) is 0 Å². The van der Waals surface area contributed by atoms with Gasteiger partial charge in [0.05, 0.1) is 19.3 Å². The summed E-state index contributed by atoms with van der Waals surface area (Å²) in [6, 6.07) is 0. The molecule has 100 valence electrons. The SMILES string of the molecule is CNC(C)(CN1CCOC(C)(C)C1)C(=O)OC. The first kappa shape index (κ1) is 14.4. The van der Waals surface area contributed by atoms with E-state index in [1.165, 1.54) is 7.11 Å². The number of methoxy groups -OCH3 is 1. The van der Waals surface area contributed by atoms with Gasteiger partial charge in [0.15, 0.2) is 0 Å². The number of hydrogen-bond donors (Lipinski definition) is 1. The van der Waals surface area contributed by atoms with Gasteiger partial charge < -0.3 is 14.8 Å². The number of hydrogen-bond acceptors (Lipinski definition) is 5. The molecule has 0 aromatic heterocycles. The van der Waals surface area contributed by atoms with E-state index in [9.17, 15) is 4.79 Å². The highest BCUT2D eigenvalue weighted by atomic mass is 16.5. The average molecular weight is 244 g/mol. The maximum Gasteiger partial charge on any atom is 0.327 e. The molecule has 0 bridgehead atoms. The van der Waals surface area contributed by atoms with E-state index >= 15 is 0 Å². The van der Waals surface area contributed by atoms with Crippen molar-refractivity contribution in [2.45, 2.75) is 31.9 Å². The van der Waals surface area contributed by atoms with Crippen LogP contribution in [0.2, 0.25) is 0 Å². The summed E-state index contributed by atoms with van der Waals surface area (Å²) in [5, 5.41) is 3.05. The van der Waals surface area contributed by atoms with Crippen molar-refractivity contribution in [3.8, 4) is 0 Å². The van der Waals surface area contributed by atoms with Gasteiger partial charge in [-0.05, 0) is 27.8 Å². The van der Waals surface area contributed by atoms with Crippen LogP contribution in [0.3, 0.4) is 0 Å². The second kappa shape index (κ2) is 5.33. The fourth-order valence-electron chi connectivity index (χ4n) is 2.17. The number of rotatable bonds is 4. The first-order valence-electron chi connectivity index (χ1n) is 5.97. The number of esters is 1. The second-order valence-corrected chi connectivity index (χ2v) is 5.39. The molecule has 0 aliphatic carbocycles. The summed E-state index contributed by atoms with van der Waals surface area (Å²) in [7, 11) is 3.20. The Balaban J connectivity index is 2.65. The average Bonchev–Trinajstić information content (AvgIpc) is 2.26. The number of carbonyl (C=O) groups excluding carboxylic acids is 1. The fraction of sp³-hybridized carbons (Fsp3) is 0.917. The first-order chi connectivity index (χ1) is 7.83. The maximum atomic E-state index is 11.8. The van der Waals surface area contributed by atoms with Gasteiger partial charge in [0.25, 0.3) is 0 Å². The molecule has 0 aromatic carbocycles. The van der Waals surface area contributed by atoms with E-state index in [0.29, 0.717) is 13.2 Å². The third-order valence-electron chi connectivity index (χ3n) is 3.23. The lowest BCUT2D eigenvalue weighted by Gasteiger charge is -2.41. The topological polar surface area (TPSA) is 50.8 Å². The van der Waals surface area contributed by atoms with Crippen LogP contribution >= 0.6 is 0 Å². The molecule has 1 fully saturated rings. The smallest absolute Gasteiger partial charge is 0.327 e. The zero-order valence-corrected chi connectivity index (χ0v) is 11.5. The van der Waals surface area contributed by atoms with Gasteiger partial charge in [-0.1, -0.05) is 0 Å². The molecule has 1 N–H and O–H groups in total. The van der Waals surface area contributed by atoms with Crippen LogP contribution in [0.25, 0.3) is 0 Å². The van der Waals surface area contributed by atoms with E-state index < -0.39 is 5.54 Å². The van der Waals surface area contributed by atoms with Gasteiger partial charge in [-0.15, -0.1) is 0 Å². The zero-order valence-electron chi connectivity index (χ0n) is 11.5. The molecule has 1 aliphatic rings. The third-order valence-corrected chi connectivity index (χ3v) is 3.23. The molecule has 0 spiro atoms. The van der Waals surface area contributed by atoms with Crippen molar-refractivity contribution < 1.29 is 14.3 Å². The molecule has 1 atom stereocenters. The van der Waals surface area contributed by atoms with Crippen molar-refractivity contribution >= 4 is 5.97 Å². The summed E-state index contributed by atoms with van der Waals surface area (Å²) in [5.41, 5.74) is -0.814. The molecule has 5 nitrogen and oxygen atoms in total. The second-order valence-electron chi connectivity index (χ2n) is 5.39. The van der Waals surface area contributed by atoms with E-state index in [0.717, 1.165) is 13.1 Å². The highest BCUT2D eigenvalue weighted by molar-refractivity contribution is 5.80. The van der Waals surface area contributed by atoms with Crippen LogP contribution in [0.15, 0.2) is 0 Å². The number of carbonyl (C=O) groups is 1. The summed E-state index contributed by atoms with van der Waals surface area (Å²) in [5.74, 6) is -0.232. The van der Waals surface area contributed by atoms with Gasteiger partial charge in [0, 0.05) is 19.6 Å². The molecule has 0 radical (unpaired) electrons. The first-order valence-corrected chi connectivity index (χ1v) is 5.97. The maximum absolute atomic E-state index is 11.8. The molecule has 1 aliphatic heterocycles. The van der Waals surface area contributed by atoms with Crippen molar-refractivity contribution in [3.05, 3.63) is 0 Å². The molecule has 5 heteroatoms. The van der Waals surface area contributed by atoms with Crippen LogP contribution in [-0.4, -0.2) is 62.4 Å². The highest BCUT2D eigenvalue weighted by Gasteiger charge is 2.37. The Morgan fingerprint density at radius 2 is 2.24 bits per heavy atom. The molecular weight excluding hydrogens is 220 g/mol. The van der Waals surface area contributed by atoms with Gasteiger partial charge in [0.1, 0.15) is 5.54 Å². The summed E-state index contributed by atoms with van der Waals surface area (Å²) >= 11 is 0. The summed E-state index contributed by atoms with van der Waals surface area (Å²) < 4.78 is 10.5. The minimum absolute atomic E-state index is 0.150. The van der Waals surface area contributed by atoms with Crippen LogP contribution < -0.4 is 5.32 Å². The van der Waals surface area contributed by atoms with Crippen LogP contribution in [-0.2, 0) is 14.3 Å². The molecule has 1 rings (SSSR count). The van der Waals surface area contributed by atoms with Gasteiger partial charge in [-0.2, -0.15) is 0 Å². The Bertz CT molecular complexity index is 281. The number of ether oxygens (including phenoxy) is 2. The molecule has 1 unspecified atom stereocenters. The molecule has 1 saturated heterocycles. The molecule has 17 heavy (non-hydrogen) atoms. The molecule has 0 saturated carbocycles. The minimum atomic E-state index is -0.665. The molecule has 0 amide bonds. The predicted octanol–water partition coefficient (Wildman–Crippen LogP) is 0.248. The molecule has 1 heterocycles. The zero-order chi connectivity index (χ0) is 13.1.